The van der Waals surface area contributed by atoms with Gasteiger partial charge in [-0.25, -0.2) is 4.79 Å². The number of H-pyrrole nitrogens is 1. The molecule has 0 bridgehead atoms. The highest BCUT2D eigenvalue weighted by Crippen LogP contribution is 2.36. The number of hydrogen-bond donors (Lipinski definition) is 4. The number of anilines is 1. The SMILES string of the molecule is Cc1n[nH]c(C)c1Sc1ccccc1NC(=O)N(C)C[C@@H](O)CO. The van der Waals surface area contributed by atoms with E-state index in [0.717, 1.165) is 21.2 Å². The number of urea groups is 1. The molecule has 0 fully saturated rings. The first-order chi connectivity index (χ1) is 11.4. The molecule has 130 valence electrons. The number of aliphatic hydroxyl groups is 2. The van der Waals surface area contributed by atoms with Crippen molar-refractivity contribution in [1.29, 1.82) is 0 Å². The molecule has 0 aliphatic heterocycles. The quantitative estimate of drug-likeness (QED) is 0.638. The van der Waals surface area contributed by atoms with E-state index < -0.39 is 6.10 Å². The molecule has 4 N–H and O–H groups in total. The zero-order chi connectivity index (χ0) is 17.7. The molecule has 24 heavy (non-hydrogen) atoms. The average molecular weight is 350 g/mol. The van der Waals surface area contributed by atoms with E-state index in [4.69, 9.17) is 5.11 Å². The summed E-state index contributed by atoms with van der Waals surface area (Å²) in [7, 11) is 1.56. The average Bonchev–Trinajstić information content (AvgIpc) is 2.88. The normalized spacial score (nSPS) is 12.0. The van der Waals surface area contributed by atoms with Crippen LogP contribution >= 0.6 is 11.8 Å². The smallest absolute Gasteiger partial charge is 0.321 e. The Morgan fingerprint density at radius 2 is 2.12 bits per heavy atom. The fourth-order valence-electron chi connectivity index (χ4n) is 2.13. The summed E-state index contributed by atoms with van der Waals surface area (Å²) < 4.78 is 0. The second-order valence-electron chi connectivity index (χ2n) is 5.51. The number of aliphatic hydroxyl groups excluding tert-OH is 2. The van der Waals surface area contributed by atoms with Crippen LogP contribution in [0.3, 0.4) is 0 Å². The first kappa shape index (κ1) is 18.3. The maximum absolute atomic E-state index is 12.2. The van der Waals surface area contributed by atoms with Gasteiger partial charge < -0.3 is 20.4 Å². The van der Waals surface area contributed by atoms with Crippen LogP contribution in [0.1, 0.15) is 11.4 Å². The fourth-order valence-corrected chi connectivity index (χ4v) is 3.11. The minimum atomic E-state index is -0.957. The van der Waals surface area contributed by atoms with Crippen LogP contribution in [0.5, 0.6) is 0 Å². The van der Waals surface area contributed by atoms with Crippen LogP contribution in [0, 0.1) is 13.8 Å². The van der Waals surface area contributed by atoms with Crippen LogP contribution in [-0.4, -0.2) is 57.6 Å². The number of carbonyl (C=O) groups excluding carboxylic acids is 1. The van der Waals surface area contributed by atoms with Crippen molar-refractivity contribution in [3.8, 4) is 0 Å². The molecule has 0 saturated heterocycles. The number of aromatic nitrogens is 2. The number of para-hydroxylation sites is 1. The molecule has 0 radical (unpaired) electrons. The highest BCUT2D eigenvalue weighted by molar-refractivity contribution is 7.99. The summed E-state index contributed by atoms with van der Waals surface area (Å²) >= 11 is 1.53. The Morgan fingerprint density at radius 1 is 1.42 bits per heavy atom. The third-order valence-corrected chi connectivity index (χ3v) is 4.82. The number of nitrogens with zero attached hydrogens (tertiary/aromatic N) is 2. The van der Waals surface area contributed by atoms with Crippen LogP contribution in [0.25, 0.3) is 0 Å². The number of aromatic amines is 1. The summed E-state index contributed by atoms with van der Waals surface area (Å²) in [6.07, 6.45) is -0.957. The standard InChI is InChI=1S/C16H22N4O3S/c1-10-15(11(2)19-18-10)24-14-7-5-4-6-13(14)17-16(23)20(3)8-12(22)9-21/h4-7,12,21-22H,8-9H2,1-3H3,(H,17,23)(H,18,19)/t12-/m1/s1. The van der Waals surface area contributed by atoms with E-state index in [9.17, 15) is 9.90 Å². The number of hydrogen-bond acceptors (Lipinski definition) is 5. The van der Waals surface area contributed by atoms with E-state index in [1.165, 1.54) is 16.7 Å². The maximum atomic E-state index is 12.2. The molecule has 1 heterocycles. The second-order valence-corrected chi connectivity index (χ2v) is 6.56. The molecule has 1 atom stereocenters. The lowest BCUT2D eigenvalue weighted by atomic mass is 10.3. The highest BCUT2D eigenvalue weighted by Gasteiger charge is 2.16. The van der Waals surface area contributed by atoms with Gasteiger partial charge in [-0.2, -0.15) is 5.10 Å². The van der Waals surface area contributed by atoms with Gasteiger partial charge in [0.05, 0.1) is 35.5 Å². The first-order valence-corrected chi connectivity index (χ1v) is 8.33. The van der Waals surface area contributed by atoms with Crippen molar-refractivity contribution in [1.82, 2.24) is 15.1 Å². The van der Waals surface area contributed by atoms with Gasteiger partial charge in [0.15, 0.2) is 0 Å². The third-order valence-electron chi connectivity index (χ3n) is 3.44. The molecule has 1 aromatic heterocycles. The topological polar surface area (TPSA) is 101 Å². The zero-order valence-electron chi connectivity index (χ0n) is 13.9. The van der Waals surface area contributed by atoms with E-state index in [0.29, 0.717) is 5.69 Å². The second kappa shape index (κ2) is 8.18. The largest absolute Gasteiger partial charge is 0.394 e. The number of carbonyl (C=O) groups is 1. The van der Waals surface area contributed by atoms with Crippen LogP contribution in [0.2, 0.25) is 0 Å². The Kier molecular flexibility index (Phi) is 6.24. The Hall–Kier alpha value is -2.03. The van der Waals surface area contributed by atoms with Gasteiger partial charge in [0.1, 0.15) is 0 Å². The Morgan fingerprint density at radius 3 is 2.75 bits per heavy atom. The first-order valence-electron chi connectivity index (χ1n) is 7.51. The zero-order valence-corrected chi connectivity index (χ0v) is 14.7. The number of aryl methyl sites for hydroxylation is 2. The molecule has 0 spiro atoms. The number of nitrogens with one attached hydrogen (secondary N) is 2. The minimum absolute atomic E-state index is 0.0532. The fraction of sp³-hybridized carbons (Fsp3) is 0.375. The number of amides is 2. The molecule has 0 saturated carbocycles. The lowest BCUT2D eigenvalue weighted by molar-refractivity contribution is 0.0750. The molecule has 8 heteroatoms. The summed E-state index contributed by atoms with van der Waals surface area (Å²) in [6, 6.07) is 7.14. The Balaban J connectivity index is 2.13. The van der Waals surface area contributed by atoms with Gasteiger partial charge >= 0.3 is 6.03 Å². The van der Waals surface area contributed by atoms with Gasteiger partial charge in [-0.15, -0.1) is 0 Å². The minimum Gasteiger partial charge on any atom is -0.394 e. The number of rotatable bonds is 6. The van der Waals surface area contributed by atoms with Crippen LogP contribution < -0.4 is 5.32 Å². The van der Waals surface area contributed by atoms with Gasteiger partial charge in [0.25, 0.3) is 0 Å². The van der Waals surface area contributed by atoms with Gasteiger partial charge in [-0.1, -0.05) is 23.9 Å². The Bertz CT molecular complexity index is 685. The predicted octanol–water partition coefficient (Wildman–Crippen LogP) is 1.99. The summed E-state index contributed by atoms with van der Waals surface area (Å²) in [6.45, 7) is 3.55. The van der Waals surface area contributed by atoms with Crippen molar-refractivity contribution >= 4 is 23.5 Å². The molecule has 2 aromatic rings. The summed E-state index contributed by atoms with van der Waals surface area (Å²) in [5.74, 6) is 0. The van der Waals surface area contributed by atoms with Crippen LogP contribution in [0.15, 0.2) is 34.1 Å². The van der Waals surface area contributed by atoms with E-state index >= 15 is 0 Å². The molecule has 0 unspecified atom stereocenters. The van der Waals surface area contributed by atoms with E-state index in [2.05, 4.69) is 15.5 Å². The molecule has 1 aromatic carbocycles. The van der Waals surface area contributed by atoms with Gasteiger partial charge in [-0.3, -0.25) is 5.10 Å². The highest BCUT2D eigenvalue weighted by atomic mass is 32.2. The molecule has 2 amide bonds. The molecule has 7 nitrogen and oxygen atoms in total. The van der Waals surface area contributed by atoms with Crippen molar-refractivity contribution < 1.29 is 15.0 Å². The molecular weight excluding hydrogens is 328 g/mol. The summed E-state index contributed by atoms with van der Waals surface area (Å²) in [5.41, 5.74) is 2.56. The number of benzene rings is 1. The monoisotopic (exact) mass is 350 g/mol. The molecule has 2 rings (SSSR count). The number of likely N-dealkylation sites (N-methyl/N-ethyl adjacent to an activating group) is 1. The predicted molar refractivity (Wildman–Crippen MR) is 93.4 cm³/mol. The maximum Gasteiger partial charge on any atom is 0.321 e. The van der Waals surface area contributed by atoms with Crippen molar-refractivity contribution in [3.63, 3.8) is 0 Å². The lowest BCUT2D eigenvalue weighted by Gasteiger charge is -2.21. The summed E-state index contributed by atoms with van der Waals surface area (Å²) in [4.78, 5) is 15.5. The summed E-state index contributed by atoms with van der Waals surface area (Å²) in [5, 5.41) is 28.3. The van der Waals surface area contributed by atoms with Crippen molar-refractivity contribution in [2.24, 2.45) is 0 Å². The van der Waals surface area contributed by atoms with Crippen molar-refractivity contribution in [2.75, 3.05) is 25.5 Å². The van der Waals surface area contributed by atoms with Gasteiger partial charge in [0, 0.05) is 17.6 Å². The molecular formula is C16H22N4O3S. The van der Waals surface area contributed by atoms with Gasteiger partial charge in [0.2, 0.25) is 0 Å². The van der Waals surface area contributed by atoms with Crippen molar-refractivity contribution in [2.45, 2.75) is 29.7 Å². The molecule has 0 aliphatic carbocycles. The van der Waals surface area contributed by atoms with E-state index in [1.54, 1.807) is 7.05 Å². The lowest BCUT2D eigenvalue weighted by Crippen LogP contribution is -2.38. The van der Waals surface area contributed by atoms with Crippen molar-refractivity contribution in [3.05, 3.63) is 35.7 Å². The third kappa shape index (κ3) is 4.50. The van der Waals surface area contributed by atoms with E-state index in [1.807, 2.05) is 38.1 Å². The van der Waals surface area contributed by atoms with E-state index in [-0.39, 0.29) is 19.2 Å². The Labute approximate surface area is 145 Å². The van der Waals surface area contributed by atoms with Gasteiger partial charge in [-0.05, 0) is 26.0 Å². The van der Waals surface area contributed by atoms with Crippen LogP contribution in [-0.2, 0) is 0 Å². The van der Waals surface area contributed by atoms with Crippen LogP contribution in [0.4, 0.5) is 10.5 Å². The molecule has 0 aliphatic rings.